The minimum atomic E-state index is -1.95. The second kappa shape index (κ2) is 14.2. The highest BCUT2D eigenvalue weighted by molar-refractivity contribution is 6.20. The van der Waals surface area contributed by atoms with E-state index in [1.54, 1.807) is 48.5 Å². The Kier molecular flexibility index (Phi) is 9.73. The molecular formula is C32H32N6O12. The maximum atomic E-state index is 13.5. The zero-order valence-corrected chi connectivity index (χ0v) is 26.1. The molecule has 0 bridgehead atoms. The van der Waals surface area contributed by atoms with Crippen LogP contribution in [-0.2, 0) is 33.3 Å². The number of aliphatic hydroxyl groups excluding tert-OH is 3. The number of rotatable bonds is 9. The lowest BCUT2D eigenvalue weighted by atomic mass is 10.0. The predicted octanol–water partition coefficient (Wildman–Crippen LogP) is -2.43. The number of amides is 3. The van der Waals surface area contributed by atoms with E-state index in [1.165, 1.54) is 7.11 Å². The van der Waals surface area contributed by atoms with Crippen LogP contribution in [-0.4, -0.2) is 104 Å². The number of ether oxygens (including phenoxy) is 4. The van der Waals surface area contributed by atoms with Gasteiger partial charge in [0.2, 0.25) is 18.4 Å². The lowest BCUT2D eigenvalue weighted by molar-refractivity contribution is -0.240. The fraction of sp³-hybridized carbons (Fsp3) is 0.312. The first-order valence-corrected chi connectivity index (χ1v) is 15.2. The highest BCUT2D eigenvalue weighted by Gasteiger charge is 2.52. The van der Waals surface area contributed by atoms with Crippen molar-refractivity contribution in [2.24, 2.45) is 10.7 Å². The highest BCUT2D eigenvalue weighted by atomic mass is 16.7. The first-order valence-electron chi connectivity index (χ1n) is 15.2. The third-order valence-corrected chi connectivity index (χ3v) is 8.19. The molecule has 0 saturated carbocycles. The van der Waals surface area contributed by atoms with Crippen LogP contribution in [0.15, 0.2) is 93.3 Å². The minimum Gasteiger partial charge on any atom is -0.456 e. The molecule has 0 radical (unpaired) electrons. The van der Waals surface area contributed by atoms with Crippen LogP contribution in [0.4, 0.5) is 5.69 Å². The third-order valence-electron chi connectivity index (χ3n) is 8.19. The van der Waals surface area contributed by atoms with Crippen LogP contribution < -0.4 is 27.6 Å². The summed E-state index contributed by atoms with van der Waals surface area (Å²) in [5.74, 6) is -3.56. The number of aliphatic hydroxyl groups is 3. The van der Waals surface area contributed by atoms with Crippen LogP contribution in [0.1, 0.15) is 17.4 Å². The molecule has 1 fully saturated rings. The van der Waals surface area contributed by atoms with Crippen molar-refractivity contribution in [3.63, 3.8) is 0 Å². The number of carbonyl (C=O) groups excluding carboxylic acids is 3. The number of nitrogens with zero attached hydrogens (tertiary/aromatic N) is 2. The Labute approximate surface area is 281 Å². The first-order chi connectivity index (χ1) is 24.0. The largest absolute Gasteiger partial charge is 0.456 e. The average Bonchev–Trinajstić information content (AvgIpc) is 3.34. The summed E-state index contributed by atoms with van der Waals surface area (Å²) in [4.78, 5) is 69.9. The van der Waals surface area contributed by atoms with Crippen molar-refractivity contribution in [1.29, 1.82) is 0 Å². The molecule has 18 heteroatoms. The van der Waals surface area contributed by atoms with Crippen molar-refractivity contribution in [3.05, 3.63) is 111 Å². The van der Waals surface area contributed by atoms with E-state index in [1.807, 2.05) is 11.1 Å². The molecule has 262 valence electrons. The van der Waals surface area contributed by atoms with Gasteiger partial charge in [0.05, 0.1) is 11.4 Å². The Bertz CT molecular complexity index is 1960. The minimum absolute atomic E-state index is 0.399. The van der Waals surface area contributed by atoms with Crippen LogP contribution in [0.25, 0.3) is 0 Å². The Morgan fingerprint density at radius 1 is 1.02 bits per heavy atom. The Hall–Kier alpha value is -5.50. The Morgan fingerprint density at radius 3 is 2.44 bits per heavy atom. The number of primary amides is 1. The molecule has 1 saturated heterocycles. The second-order valence-electron chi connectivity index (χ2n) is 11.4. The Morgan fingerprint density at radius 2 is 1.74 bits per heavy atom. The zero-order chi connectivity index (χ0) is 35.7. The van der Waals surface area contributed by atoms with Gasteiger partial charge in [-0.3, -0.25) is 28.7 Å². The van der Waals surface area contributed by atoms with E-state index < -0.39 is 90.0 Å². The van der Waals surface area contributed by atoms with Gasteiger partial charge in [-0.15, -0.1) is 0 Å². The van der Waals surface area contributed by atoms with Gasteiger partial charge in [-0.05, 0) is 12.1 Å². The molecular weight excluding hydrogens is 660 g/mol. The van der Waals surface area contributed by atoms with Gasteiger partial charge in [-0.25, -0.2) is 9.79 Å². The zero-order valence-electron chi connectivity index (χ0n) is 26.1. The van der Waals surface area contributed by atoms with Crippen LogP contribution >= 0.6 is 0 Å². The number of carbonyl (C=O) groups is 3. The fourth-order valence-corrected chi connectivity index (χ4v) is 5.75. The van der Waals surface area contributed by atoms with E-state index >= 15 is 0 Å². The van der Waals surface area contributed by atoms with Gasteiger partial charge < -0.3 is 50.6 Å². The summed E-state index contributed by atoms with van der Waals surface area (Å²) in [5, 5.41) is 37.5. The van der Waals surface area contributed by atoms with Crippen molar-refractivity contribution < 1.29 is 48.7 Å². The number of fused-ring (bicyclic) bond motifs is 1. The smallest absolute Gasteiger partial charge is 0.330 e. The molecule has 1 aromatic heterocycles. The molecule has 3 aliphatic heterocycles. The number of anilines is 1. The quantitative estimate of drug-likeness (QED) is 0.124. The Balaban J connectivity index is 1.22. The number of methoxy groups -OCH3 is 1. The molecule has 4 heterocycles. The molecule has 0 spiro atoms. The maximum Gasteiger partial charge on any atom is 0.330 e. The number of nitrogens with two attached hydrogens (primary N) is 1. The van der Waals surface area contributed by atoms with Crippen molar-refractivity contribution in [2.45, 2.75) is 55.3 Å². The number of aliphatic imine (C=N–C) groups is 1. The van der Waals surface area contributed by atoms with Crippen LogP contribution in [0.3, 0.4) is 0 Å². The molecule has 2 aromatic carbocycles. The van der Waals surface area contributed by atoms with Crippen LogP contribution in [0, 0.1) is 0 Å². The summed E-state index contributed by atoms with van der Waals surface area (Å²) in [6.07, 6.45) is -13.0. The van der Waals surface area contributed by atoms with E-state index in [9.17, 15) is 39.3 Å². The second-order valence-corrected chi connectivity index (χ2v) is 11.4. The van der Waals surface area contributed by atoms with Crippen LogP contribution in [0.5, 0.6) is 0 Å². The molecule has 50 heavy (non-hydrogen) atoms. The summed E-state index contributed by atoms with van der Waals surface area (Å²) < 4.78 is 23.2. The van der Waals surface area contributed by atoms with Crippen molar-refractivity contribution in [3.8, 4) is 0 Å². The fourth-order valence-electron chi connectivity index (χ4n) is 5.75. The van der Waals surface area contributed by atoms with E-state index in [0.717, 1.165) is 22.9 Å². The summed E-state index contributed by atoms with van der Waals surface area (Å²) in [7, 11) is 1.20. The first kappa shape index (κ1) is 34.4. The standard InChI is InChI=1S/C32H32N6O12/c1-47-24-22(42)23(49-30(24)38-12-11-19(40)35-32(38)46)25(26(33)43)50-31-21(41)17(39)13-18(48-31)28(44)37-27-29(45)34-16-10-6-5-9-15(16)20(36-27)14-7-3-2-4-8-14/h2-13,17,21-25,27,30-31,39,41-42H,1H3,(H2,33,43)(H,34,45)(H,37,44)(H,35,40,46)/t17?,21?,22?,23-,24?,25?,27?,30+,31+/m0/s1. The molecule has 3 aromatic rings. The topological polar surface area (TPSA) is 266 Å². The van der Waals surface area contributed by atoms with Crippen molar-refractivity contribution >= 4 is 29.1 Å². The SMILES string of the molecule is COC1C(O)[C@@H](C(O[C@H]2OC(C(=O)NC3N=C(c4ccccc4)c4ccccc4NC3=O)=CC(O)C2O)C(N)=O)O[C@H]1n1ccc(=O)[nH]c1=O. The van der Waals surface area contributed by atoms with E-state index in [-0.39, 0.29) is 0 Å². The number of benzodiazepines with no additional fused rings is 1. The van der Waals surface area contributed by atoms with Gasteiger partial charge in [0.25, 0.3) is 17.4 Å². The number of hydrogen-bond acceptors (Lipinski definition) is 13. The number of nitrogens with one attached hydrogen (secondary N) is 3. The molecule has 18 nitrogen and oxygen atoms in total. The maximum absolute atomic E-state index is 13.5. The molecule has 3 amide bonds. The summed E-state index contributed by atoms with van der Waals surface area (Å²) >= 11 is 0. The van der Waals surface area contributed by atoms with Gasteiger partial charge in [0.15, 0.2) is 18.1 Å². The van der Waals surface area contributed by atoms with E-state index in [4.69, 9.17) is 24.7 Å². The number of benzene rings is 2. The molecule has 0 aliphatic carbocycles. The monoisotopic (exact) mass is 692 g/mol. The van der Waals surface area contributed by atoms with Gasteiger partial charge in [0, 0.05) is 30.5 Å². The third kappa shape index (κ3) is 6.70. The van der Waals surface area contributed by atoms with Crippen LogP contribution in [0.2, 0.25) is 0 Å². The molecule has 3 aliphatic rings. The molecule has 8 N–H and O–H groups in total. The highest BCUT2D eigenvalue weighted by Crippen LogP contribution is 2.34. The number of hydrogen-bond donors (Lipinski definition) is 7. The predicted molar refractivity (Wildman–Crippen MR) is 170 cm³/mol. The average molecular weight is 693 g/mol. The summed E-state index contributed by atoms with van der Waals surface area (Å²) in [6.45, 7) is 0. The number of H-pyrrole nitrogens is 1. The molecule has 6 unspecified atom stereocenters. The van der Waals surface area contributed by atoms with Gasteiger partial charge in [0.1, 0.15) is 30.5 Å². The van der Waals surface area contributed by atoms with Crippen molar-refractivity contribution in [2.75, 3.05) is 12.4 Å². The lowest BCUT2D eigenvalue weighted by Gasteiger charge is -2.34. The van der Waals surface area contributed by atoms with Gasteiger partial charge in [-0.2, -0.15) is 0 Å². The lowest BCUT2D eigenvalue weighted by Crippen LogP contribution is -2.54. The van der Waals surface area contributed by atoms with E-state index in [0.29, 0.717) is 22.5 Å². The normalized spacial score (nSPS) is 28.2. The molecule has 6 rings (SSSR count). The molecule has 9 atom stereocenters. The summed E-state index contributed by atoms with van der Waals surface area (Å²) in [5.41, 5.74) is 6.08. The number of para-hydroxylation sites is 1. The van der Waals surface area contributed by atoms with E-state index in [2.05, 4.69) is 15.6 Å². The van der Waals surface area contributed by atoms with Crippen molar-refractivity contribution in [1.82, 2.24) is 14.9 Å². The van der Waals surface area contributed by atoms with Gasteiger partial charge >= 0.3 is 5.69 Å². The number of aromatic nitrogens is 2. The van der Waals surface area contributed by atoms with Gasteiger partial charge in [-0.1, -0.05) is 48.5 Å². The summed E-state index contributed by atoms with van der Waals surface area (Å²) in [6, 6.07) is 16.9. The number of aromatic amines is 1.